The zero-order valence-electron chi connectivity index (χ0n) is 11.0. The first-order chi connectivity index (χ1) is 10.3. The Bertz CT molecular complexity index is 764. The molecule has 0 heterocycles. The van der Waals surface area contributed by atoms with Gasteiger partial charge in [0.2, 0.25) is 5.78 Å². The average Bonchev–Trinajstić information content (AvgIpc) is 2.54. The number of halogens is 3. The zero-order chi connectivity index (χ0) is 16.4. The van der Waals surface area contributed by atoms with Crippen LogP contribution in [0, 0.1) is 0 Å². The van der Waals surface area contributed by atoms with E-state index in [1.165, 1.54) is 36.4 Å². The number of alkyl halides is 2. The summed E-state index contributed by atoms with van der Waals surface area (Å²) in [5.74, 6) is -1.99. The van der Waals surface area contributed by atoms with Crippen LogP contribution in [0.15, 0.2) is 60.7 Å². The van der Waals surface area contributed by atoms with Crippen molar-refractivity contribution in [3.05, 3.63) is 66.2 Å². The molecule has 2 aromatic carbocycles. The Labute approximate surface area is 124 Å². The molecule has 0 aliphatic heterocycles. The molecule has 2 aromatic rings. The van der Waals surface area contributed by atoms with Crippen molar-refractivity contribution in [1.82, 2.24) is 0 Å². The van der Waals surface area contributed by atoms with Gasteiger partial charge in [-0.05, 0) is 12.1 Å². The summed E-state index contributed by atoms with van der Waals surface area (Å²) in [6.07, 6.45) is 0. The van der Waals surface area contributed by atoms with Crippen molar-refractivity contribution in [2.45, 2.75) is 5.25 Å². The van der Waals surface area contributed by atoms with Crippen molar-refractivity contribution in [3.63, 3.8) is 0 Å². The molecule has 0 atom stereocenters. The minimum Gasteiger partial charge on any atom is -0.286 e. The van der Waals surface area contributed by atoms with E-state index >= 15 is 0 Å². The second-order valence-electron chi connectivity index (χ2n) is 4.27. The lowest BCUT2D eigenvalue weighted by Crippen LogP contribution is -2.45. The maximum Gasteiger partial charge on any atom is 0.427 e. The molecule has 0 aliphatic carbocycles. The molecule has 22 heavy (non-hydrogen) atoms. The van der Waals surface area contributed by atoms with Crippen LogP contribution in [0.4, 0.5) is 18.9 Å². The molecule has 0 spiro atoms. The lowest BCUT2D eigenvalue weighted by molar-refractivity contribution is 0.0519. The monoisotopic (exact) mass is 329 g/mol. The number of carbonyl (C=O) groups is 1. The highest BCUT2D eigenvalue weighted by Gasteiger charge is 2.56. The van der Waals surface area contributed by atoms with Gasteiger partial charge < -0.3 is 0 Å². The summed E-state index contributed by atoms with van der Waals surface area (Å²) < 4.78 is 64.3. The summed E-state index contributed by atoms with van der Waals surface area (Å²) in [5.41, 5.74) is -1.15. The topological polar surface area (TPSA) is 54.5 Å². The minimum absolute atomic E-state index is 0.530. The number of anilines is 1. The van der Waals surface area contributed by atoms with Gasteiger partial charge in [-0.1, -0.05) is 57.5 Å². The molecule has 116 valence electrons. The number of carbonyl (C=O) groups excluding carboxylic acids is 1. The largest absolute Gasteiger partial charge is 0.427 e. The zero-order valence-corrected chi connectivity index (χ0v) is 11.8. The van der Waals surface area contributed by atoms with Gasteiger partial charge in [-0.25, -0.2) is 0 Å². The quantitative estimate of drug-likeness (QED) is 0.625. The lowest BCUT2D eigenvalue weighted by atomic mass is 10.1. The molecule has 0 amide bonds. The third-order valence-electron chi connectivity index (χ3n) is 2.79. The third kappa shape index (κ3) is 2.69. The molecule has 0 radical (unpaired) electrons. The number of hydrogen-bond donors (Lipinski definition) is 0. The number of sulfonamides is 1. The van der Waals surface area contributed by atoms with Crippen LogP contribution >= 0.6 is 0 Å². The van der Waals surface area contributed by atoms with Gasteiger partial charge >= 0.3 is 15.3 Å². The Hall–Kier alpha value is -2.35. The first-order valence-electron chi connectivity index (χ1n) is 6.02. The summed E-state index contributed by atoms with van der Waals surface area (Å²) in [5, 5.41) is -4.93. The van der Waals surface area contributed by atoms with E-state index in [1.807, 2.05) is 0 Å². The van der Waals surface area contributed by atoms with Gasteiger partial charge in [-0.15, -0.1) is 0 Å². The van der Waals surface area contributed by atoms with Crippen LogP contribution in [-0.4, -0.2) is 19.5 Å². The summed E-state index contributed by atoms with van der Waals surface area (Å²) in [7, 11) is -5.86. The standard InChI is InChI=1S/C14H10F3NO3S/c15-14(16,13(19)11-7-3-1-4-8-11)22(20,21)18(17)12-9-5-2-6-10-12/h1-10H. The highest BCUT2D eigenvalue weighted by Crippen LogP contribution is 2.32. The van der Waals surface area contributed by atoms with Crippen molar-refractivity contribution in [2.24, 2.45) is 0 Å². The van der Waals surface area contributed by atoms with Crippen LogP contribution in [0.3, 0.4) is 0 Å². The molecule has 0 saturated heterocycles. The molecule has 0 fully saturated rings. The number of rotatable bonds is 5. The Morgan fingerprint density at radius 1 is 0.909 bits per heavy atom. The number of ketones is 1. The molecule has 0 unspecified atom stereocenters. The van der Waals surface area contributed by atoms with E-state index in [4.69, 9.17) is 0 Å². The number of nitrogens with zero attached hydrogens (tertiary/aromatic N) is 1. The molecule has 0 aliphatic rings. The van der Waals surface area contributed by atoms with Gasteiger partial charge in [0.15, 0.2) is 0 Å². The Morgan fingerprint density at radius 3 is 1.86 bits per heavy atom. The van der Waals surface area contributed by atoms with Gasteiger partial charge in [0.05, 0.1) is 5.69 Å². The number of benzene rings is 2. The minimum atomic E-state index is -5.86. The van der Waals surface area contributed by atoms with Crippen LogP contribution in [0.2, 0.25) is 0 Å². The fraction of sp³-hybridized carbons (Fsp3) is 0.0714. The third-order valence-corrected chi connectivity index (χ3v) is 4.26. The van der Waals surface area contributed by atoms with E-state index in [1.54, 1.807) is 0 Å². The maximum absolute atomic E-state index is 14.0. The predicted molar refractivity (Wildman–Crippen MR) is 74.7 cm³/mol. The molecule has 0 bridgehead atoms. The average molecular weight is 329 g/mol. The molecule has 0 saturated carbocycles. The first kappa shape index (κ1) is 16.0. The fourth-order valence-electron chi connectivity index (χ4n) is 1.66. The number of Topliss-reactive ketones (excluding diaryl/α,β-unsaturated/α-hetero) is 1. The van der Waals surface area contributed by atoms with Crippen LogP contribution in [0.5, 0.6) is 0 Å². The SMILES string of the molecule is O=C(c1ccccc1)C(F)(F)S(=O)(=O)N(F)c1ccccc1. The Morgan fingerprint density at radius 2 is 1.36 bits per heavy atom. The van der Waals surface area contributed by atoms with Crippen molar-refractivity contribution in [1.29, 1.82) is 0 Å². The molecule has 0 N–H and O–H groups in total. The second kappa shape index (κ2) is 5.80. The van der Waals surface area contributed by atoms with Crippen LogP contribution in [0.25, 0.3) is 0 Å². The van der Waals surface area contributed by atoms with Crippen molar-refractivity contribution in [3.8, 4) is 0 Å². The highest BCUT2D eigenvalue weighted by molar-refractivity contribution is 7.94. The summed E-state index contributed by atoms with van der Waals surface area (Å²) in [6, 6.07) is 12.1. The van der Waals surface area contributed by atoms with Gasteiger partial charge in [-0.2, -0.15) is 17.2 Å². The Balaban J connectivity index is 2.41. The number of hydrogen-bond acceptors (Lipinski definition) is 3. The van der Waals surface area contributed by atoms with Gasteiger partial charge in [0.25, 0.3) is 0 Å². The Kier molecular flexibility index (Phi) is 4.23. The smallest absolute Gasteiger partial charge is 0.286 e. The molecule has 4 nitrogen and oxygen atoms in total. The predicted octanol–water partition coefficient (Wildman–Crippen LogP) is 3.18. The van der Waals surface area contributed by atoms with Gasteiger partial charge in [0.1, 0.15) is 0 Å². The summed E-state index contributed by atoms with van der Waals surface area (Å²) in [6.45, 7) is 0. The van der Waals surface area contributed by atoms with Gasteiger partial charge in [-0.3, -0.25) is 4.79 Å². The molecular formula is C14H10F3NO3S. The van der Waals surface area contributed by atoms with Gasteiger partial charge in [0, 0.05) is 5.56 Å². The van der Waals surface area contributed by atoms with E-state index in [9.17, 15) is 26.5 Å². The molecular weight excluding hydrogens is 319 g/mol. The number of para-hydroxylation sites is 1. The van der Waals surface area contributed by atoms with Crippen molar-refractivity contribution < 1.29 is 26.5 Å². The fourth-order valence-corrected chi connectivity index (χ4v) is 2.61. The molecule has 8 heteroatoms. The molecule has 0 aromatic heterocycles. The summed E-state index contributed by atoms with van der Waals surface area (Å²) >= 11 is 0. The van der Waals surface area contributed by atoms with Crippen LogP contribution < -0.4 is 4.53 Å². The highest BCUT2D eigenvalue weighted by atomic mass is 32.2. The van der Waals surface area contributed by atoms with Crippen LogP contribution in [-0.2, 0) is 10.0 Å². The van der Waals surface area contributed by atoms with Crippen molar-refractivity contribution >= 4 is 21.5 Å². The van der Waals surface area contributed by atoms with Crippen LogP contribution in [0.1, 0.15) is 10.4 Å². The van der Waals surface area contributed by atoms with E-state index in [0.717, 1.165) is 24.3 Å². The van der Waals surface area contributed by atoms with E-state index in [-0.39, 0.29) is 0 Å². The molecule has 2 rings (SSSR count). The van der Waals surface area contributed by atoms with E-state index < -0.39 is 36.8 Å². The van der Waals surface area contributed by atoms with Crippen molar-refractivity contribution in [2.75, 3.05) is 4.53 Å². The van der Waals surface area contributed by atoms with E-state index in [2.05, 4.69) is 0 Å². The summed E-state index contributed by atoms with van der Waals surface area (Å²) in [4.78, 5) is 11.7. The first-order valence-corrected chi connectivity index (χ1v) is 7.46. The normalized spacial score (nSPS) is 12.0. The van der Waals surface area contributed by atoms with E-state index in [0.29, 0.717) is 0 Å². The lowest BCUT2D eigenvalue weighted by Gasteiger charge is -2.20. The second-order valence-corrected chi connectivity index (χ2v) is 6.05. The maximum atomic E-state index is 14.0.